The molecule has 0 bridgehead atoms. The molecule has 4 aromatic carbocycles. The number of aliphatic hydroxyl groups is 2. The Morgan fingerprint density at radius 1 is 0.420 bits per heavy atom. The number of unbranched alkanes of at least 4 members (excludes halogenated alkanes) is 9. The lowest BCUT2D eigenvalue weighted by molar-refractivity contribution is -0.0537. The lowest BCUT2D eigenvalue weighted by Crippen LogP contribution is -2.35. The van der Waals surface area contributed by atoms with Gasteiger partial charge in [0.1, 0.15) is 23.7 Å². The highest BCUT2D eigenvalue weighted by Gasteiger charge is 2.37. The number of ether oxygens (including phenoxy) is 6. The third-order valence-corrected chi connectivity index (χ3v) is 13.4. The predicted molar refractivity (Wildman–Crippen MR) is 275 cm³/mol. The number of carbonyl (C=O) groups excluding carboxylic acids is 2. The van der Waals surface area contributed by atoms with Crippen molar-refractivity contribution >= 4 is 12.3 Å². The molecule has 6 rings (SSSR count). The van der Waals surface area contributed by atoms with Crippen LogP contribution in [0.1, 0.15) is 174 Å². The van der Waals surface area contributed by atoms with Gasteiger partial charge >= 0.3 is 12.3 Å². The van der Waals surface area contributed by atoms with E-state index in [0.717, 1.165) is 90.2 Å². The van der Waals surface area contributed by atoms with Gasteiger partial charge < -0.3 is 38.6 Å². The Balaban J connectivity index is 0.000000258. The zero-order chi connectivity index (χ0) is 49.2. The molecule has 0 aliphatic heterocycles. The number of benzene rings is 4. The van der Waals surface area contributed by atoms with E-state index in [-0.39, 0.29) is 12.2 Å². The average Bonchev–Trinajstić information content (AvgIpc) is 3.38. The summed E-state index contributed by atoms with van der Waals surface area (Å²) in [6.07, 6.45) is 18.1. The fourth-order valence-electron chi connectivity index (χ4n) is 9.00. The Hall–Kier alpha value is -5.06. The SMILES string of the molecule is CCCCCCCOc1ccc(-c2ccc(C3(O)CCC(OC(=O)OCCC)CC3)cc2)cc1.CCCCCCCOc1ccc(-c2ccc(C3(O)CCC(OC(=O)OCCCC)CC3)cc2)cc1. The molecule has 0 heterocycles. The van der Waals surface area contributed by atoms with Crippen LogP contribution >= 0.6 is 0 Å². The summed E-state index contributed by atoms with van der Waals surface area (Å²) in [4.78, 5) is 23.5. The van der Waals surface area contributed by atoms with Crippen LogP contribution < -0.4 is 9.47 Å². The standard InChI is InChI=1S/C30H42O5.C29H40O5/c1-3-5-7-8-9-23-33-27-16-12-25(13-17-27)24-10-14-26(15-11-24)30(32)20-18-28(19-21-30)35-29(31)34-22-6-4-2;1-3-5-6-7-8-22-32-26-15-11-24(12-16-26)23-9-13-25(14-10-23)29(31)19-17-27(18-20-29)34-28(30)33-21-4-2/h10-17,28,32H,3-9,18-23H2,1-2H3;9-16,27,31H,3-8,17-22H2,1-2H3. The van der Waals surface area contributed by atoms with E-state index in [1.165, 1.54) is 51.4 Å². The van der Waals surface area contributed by atoms with Gasteiger partial charge in [-0.15, -0.1) is 0 Å². The quantitative estimate of drug-likeness (QED) is 0.0489. The number of rotatable bonds is 25. The Kier molecular flexibility index (Phi) is 23.7. The van der Waals surface area contributed by atoms with Crippen LogP contribution in [0.3, 0.4) is 0 Å². The fourth-order valence-corrected chi connectivity index (χ4v) is 9.00. The van der Waals surface area contributed by atoms with Crippen LogP contribution in [0, 0.1) is 0 Å². The van der Waals surface area contributed by atoms with Crippen molar-refractivity contribution in [3.63, 3.8) is 0 Å². The number of hydrogen-bond donors (Lipinski definition) is 2. The van der Waals surface area contributed by atoms with Crippen LogP contribution in [0.4, 0.5) is 9.59 Å². The molecule has 0 amide bonds. The van der Waals surface area contributed by atoms with Crippen molar-refractivity contribution in [3.8, 4) is 33.8 Å². The molecule has 69 heavy (non-hydrogen) atoms. The fraction of sp³-hybridized carbons (Fsp3) is 0.559. The number of hydrogen-bond acceptors (Lipinski definition) is 10. The predicted octanol–water partition coefficient (Wildman–Crippen LogP) is 15.2. The lowest BCUT2D eigenvalue weighted by atomic mass is 9.78. The molecule has 10 heteroatoms. The summed E-state index contributed by atoms with van der Waals surface area (Å²) in [5.74, 6) is 1.81. The maximum Gasteiger partial charge on any atom is 0.508 e. The van der Waals surface area contributed by atoms with Gasteiger partial charge in [0.15, 0.2) is 0 Å². The highest BCUT2D eigenvalue weighted by molar-refractivity contribution is 5.66. The molecule has 10 nitrogen and oxygen atoms in total. The van der Waals surface area contributed by atoms with Crippen LogP contribution in [0.2, 0.25) is 0 Å². The Labute approximate surface area is 413 Å². The first kappa shape index (κ1) is 54.9. The van der Waals surface area contributed by atoms with Crippen molar-refractivity contribution in [2.24, 2.45) is 0 Å². The average molecular weight is 951 g/mol. The molecule has 2 aliphatic rings. The first-order chi connectivity index (χ1) is 33.6. The van der Waals surface area contributed by atoms with Crippen molar-refractivity contribution in [2.45, 2.75) is 186 Å². The molecule has 0 aromatic heterocycles. The van der Waals surface area contributed by atoms with Crippen molar-refractivity contribution in [3.05, 3.63) is 108 Å². The van der Waals surface area contributed by atoms with E-state index in [2.05, 4.69) is 62.4 Å². The Morgan fingerprint density at radius 2 is 0.754 bits per heavy atom. The topological polar surface area (TPSA) is 130 Å². The molecule has 2 fully saturated rings. The van der Waals surface area contributed by atoms with Crippen molar-refractivity contribution < 1.29 is 48.2 Å². The summed E-state index contributed by atoms with van der Waals surface area (Å²) in [5.41, 5.74) is 4.50. The van der Waals surface area contributed by atoms with E-state index < -0.39 is 23.5 Å². The molecule has 2 aliphatic carbocycles. The minimum atomic E-state index is -0.890. The second kappa shape index (κ2) is 29.9. The highest BCUT2D eigenvalue weighted by atomic mass is 16.7. The van der Waals surface area contributed by atoms with E-state index in [0.29, 0.717) is 64.6 Å². The molecule has 2 N–H and O–H groups in total. The molecule has 0 atom stereocenters. The van der Waals surface area contributed by atoms with E-state index in [1.807, 2.05) is 62.4 Å². The second-order valence-electron chi connectivity index (χ2n) is 19.0. The van der Waals surface area contributed by atoms with Gasteiger partial charge in [-0.1, -0.05) is 158 Å². The van der Waals surface area contributed by atoms with Crippen molar-refractivity contribution in [1.29, 1.82) is 0 Å². The van der Waals surface area contributed by atoms with Crippen LogP contribution in [-0.2, 0) is 30.1 Å². The molecular weight excluding hydrogens is 869 g/mol. The van der Waals surface area contributed by atoms with Gasteiger partial charge in [0, 0.05) is 0 Å². The van der Waals surface area contributed by atoms with Gasteiger partial charge in [-0.05, 0) is 135 Å². The lowest BCUT2D eigenvalue weighted by Gasteiger charge is -2.36. The summed E-state index contributed by atoms with van der Waals surface area (Å²) >= 11 is 0. The maximum absolute atomic E-state index is 11.8. The second-order valence-corrected chi connectivity index (χ2v) is 19.0. The third-order valence-electron chi connectivity index (χ3n) is 13.4. The van der Waals surface area contributed by atoms with E-state index in [1.54, 1.807) is 0 Å². The normalized spacial score (nSPS) is 19.9. The summed E-state index contributed by atoms with van der Waals surface area (Å²) in [6, 6.07) is 32.7. The number of carbonyl (C=O) groups is 2. The van der Waals surface area contributed by atoms with Gasteiger partial charge in [0.2, 0.25) is 0 Å². The molecular formula is C59H82O10. The molecule has 0 unspecified atom stereocenters. The summed E-state index contributed by atoms with van der Waals surface area (Å²) in [6.45, 7) is 10.7. The molecule has 378 valence electrons. The van der Waals surface area contributed by atoms with E-state index in [9.17, 15) is 19.8 Å². The monoisotopic (exact) mass is 951 g/mol. The van der Waals surface area contributed by atoms with Gasteiger partial charge in [-0.3, -0.25) is 0 Å². The maximum atomic E-state index is 11.8. The Bertz CT molecular complexity index is 2010. The molecule has 0 radical (unpaired) electrons. The molecule has 0 spiro atoms. The summed E-state index contributed by atoms with van der Waals surface area (Å²) in [5, 5.41) is 22.4. The molecule has 0 saturated heterocycles. The largest absolute Gasteiger partial charge is 0.508 e. The van der Waals surface area contributed by atoms with Gasteiger partial charge in [0.25, 0.3) is 0 Å². The minimum absolute atomic E-state index is 0.194. The van der Waals surface area contributed by atoms with Crippen LogP contribution in [0.5, 0.6) is 11.5 Å². The van der Waals surface area contributed by atoms with Gasteiger partial charge in [-0.2, -0.15) is 0 Å². The first-order valence-electron chi connectivity index (χ1n) is 26.4. The van der Waals surface area contributed by atoms with Crippen molar-refractivity contribution in [2.75, 3.05) is 26.4 Å². The van der Waals surface area contributed by atoms with Crippen LogP contribution in [0.15, 0.2) is 97.1 Å². The molecule has 4 aromatic rings. The zero-order valence-corrected chi connectivity index (χ0v) is 42.2. The van der Waals surface area contributed by atoms with E-state index >= 15 is 0 Å². The van der Waals surface area contributed by atoms with E-state index in [4.69, 9.17) is 28.4 Å². The smallest absolute Gasteiger partial charge is 0.494 e. The highest BCUT2D eigenvalue weighted by Crippen LogP contribution is 2.40. The summed E-state index contributed by atoms with van der Waals surface area (Å²) < 4.78 is 32.6. The van der Waals surface area contributed by atoms with Crippen LogP contribution in [0.25, 0.3) is 22.3 Å². The molecule has 2 saturated carbocycles. The third kappa shape index (κ3) is 18.7. The van der Waals surface area contributed by atoms with Crippen LogP contribution in [-0.4, -0.2) is 61.2 Å². The minimum Gasteiger partial charge on any atom is -0.494 e. The Morgan fingerprint density at radius 3 is 1.10 bits per heavy atom. The van der Waals surface area contributed by atoms with Gasteiger partial charge in [-0.25, -0.2) is 9.59 Å². The first-order valence-corrected chi connectivity index (χ1v) is 26.4. The summed E-state index contributed by atoms with van der Waals surface area (Å²) in [7, 11) is 0. The van der Waals surface area contributed by atoms with Gasteiger partial charge in [0.05, 0.1) is 37.6 Å². The zero-order valence-electron chi connectivity index (χ0n) is 42.2. The van der Waals surface area contributed by atoms with Crippen molar-refractivity contribution in [1.82, 2.24) is 0 Å².